The fraction of sp³-hybridized carbons (Fsp3) is 0.0588. The van der Waals surface area contributed by atoms with Crippen LogP contribution < -0.4 is 5.48 Å². The number of carbonyl (C=O) groups excluding carboxylic acids is 1. The number of nitrogens with one attached hydrogen (secondary N) is 1. The summed E-state index contributed by atoms with van der Waals surface area (Å²) < 4.78 is 26.5. The van der Waals surface area contributed by atoms with E-state index in [0.29, 0.717) is 16.6 Å². The fourth-order valence-corrected chi connectivity index (χ4v) is 3.14. The van der Waals surface area contributed by atoms with E-state index in [-0.39, 0.29) is 4.91 Å². The molecule has 0 saturated heterocycles. The summed E-state index contributed by atoms with van der Waals surface area (Å²) in [5, 5.41) is 8.45. The first kappa shape index (κ1) is 18.4. The van der Waals surface area contributed by atoms with Crippen LogP contribution in [0.2, 0.25) is 0 Å². The molecule has 2 heterocycles. The molecule has 0 aromatic carbocycles. The molecule has 2 rings (SSSR count). The Morgan fingerprint density at radius 3 is 2.68 bits per heavy atom. The Hall–Kier alpha value is -2.97. The lowest BCUT2D eigenvalue weighted by molar-refractivity contribution is -0.124. The van der Waals surface area contributed by atoms with Gasteiger partial charge in [-0.2, -0.15) is 0 Å². The van der Waals surface area contributed by atoms with Crippen molar-refractivity contribution in [3.63, 3.8) is 0 Å². The van der Waals surface area contributed by atoms with Crippen molar-refractivity contribution in [2.45, 2.75) is 6.92 Å². The lowest BCUT2D eigenvalue weighted by Gasteiger charge is -2.07. The zero-order chi connectivity index (χ0) is 18.4. The van der Waals surface area contributed by atoms with E-state index in [1.165, 1.54) is 29.9 Å². The van der Waals surface area contributed by atoms with Gasteiger partial charge in [0, 0.05) is 18.5 Å². The summed E-state index contributed by atoms with van der Waals surface area (Å²) in [4.78, 5) is 15.0. The van der Waals surface area contributed by atoms with Crippen LogP contribution in [0.1, 0.15) is 6.92 Å². The SMILES string of the molecule is C=C(\C=C/C(=C\C)/C=C/C(=O)NO)S(=O)(=O)n1ccc2ncccc21. The van der Waals surface area contributed by atoms with E-state index in [2.05, 4.69) is 11.6 Å². The molecule has 0 radical (unpaired) electrons. The van der Waals surface area contributed by atoms with Crippen LogP contribution in [0.4, 0.5) is 0 Å². The summed E-state index contributed by atoms with van der Waals surface area (Å²) in [6, 6.07) is 4.92. The minimum Gasteiger partial charge on any atom is -0.288 e. The molecule has 0 spiro atoms. The first-order valence-corrected chi connectivity index (χ1v) is 8.67. The van der Waals surface area contributed by atoms with E-state index >= 15 is 0 Å². The molecule has 0 saturated carbocycles. The number of aromatic nitrogens is 2. The molecule has 25 heavy (non-hydrogen) atoms. The highest BCUT2D eigenvalue weighted by Gasteiger charge is 2.18. The number of hydroxylamine groups is 1. The summed E-state index contributed by atoms with van der Waals surface area (Å²) in [6.45, 7) is 5.35. The van der Waals surface area contributed by atoms with Crippen molar-refractivity contribution in [1.29, 1.82) is 0 Å². The Morgan fingerprint density at radius 2 is 2.00 bits per heavy atom. The van der Waals surface area contributed by atoms with Crippen LogP contribution in [0.5, 0.6) is 0 Å². The summed E-state index contributed by atoms with van der Waals surface area (Å²) in [7, 11) is -3.84. The Bertz CT molecular complexity index is 998. The van der Waals surface area contributed by atoms with E-state index in [1.54, 1.807) is 37.4 Å². The van der Waals surface area contributed by atoms with Gasteiger partial charge in [0.1, 0.15) is 0 Å². The van der Waals surface area contributed by atoms with Crippen LogP contribution in [0.3, 0.4) is 0 Å². The molecule has 0 aliphatic heterocycles. The fourth-order valence-electron chi connectivity index (χ4n) is 2.01. The van der Waals surface area contributed by atoms with Gasteiger partial charge >= 0.3 is 0 Å². The van der Waals surface area contributed by atoms with E-state index in [9.17, 15) is 13.2 Å². The summed E-state index contributed by atoms with van der Waals surface area (Å²) in [6.07, 6.45) is 10.1. The lowest BCUT2D eigenvalue weighted by Crippen LogP contribution is -2.14. The topological polar surface area (TPSA) is 101 Å². The second-order valence-electron chi connectivity index (χ2n) is 4.92. The second kappa shape index (κ2) is 7.73. The van der Waals surface area contributed by atoms with E-state index < -0.39 is 15.9 Å². The van der Waals surface area contributed by atoms with Gasteiger partial charge in [0.05, 0.1) is 15.9 Å². The average Bonchev–Trinajstić information content (AvgIpc) is 3.06. The van der Waals surface area contributed by atoms with E-state index in [0.717, 1.165) is 10.0 Å². The molecular weight excluding hydrogens is 342 g/mol. The highest BCUT2D eigenvalue weighted by Crippen LogP contribution is 2.19. The number of fused-ring (bicyclic) bond motifs is 1. The molecule has 0 fully saturated rings. The molecule has 2 aromatic heterocycles. The zero-order valence-corrected chi connectivity index (χ0v) is 14.3. The minimum absolute atomic E-state index is 0.117. The predicted molar refractivity (Wildman–Crippen MR) is 95.2 cm³/mol. The van der Waals surface area contributed by atoms with Crippen LogP contribution in [0.15, 0.2) is 78.0 Å². The minimum atomic E-state index is -3.84. The summed E-state index contributed by atoms with van der Waals surface area (Å²) in [5.74, 6) is -0.689. The maximum Gasteiger partial charge on any atom is 0.267 e. The Morgan fingerprint density at radius 1 is 1.28 bits per heavy atom. The van der Waals surface area contributed by atoms with Gasteiger partial charge in [-0.25, -0.2) is 17.9 Å². The van der Waals surface area contributed by atoms with E-state index in [1.807, 2.05) is 0 Å². The molecule has 1 amide bonds. The van der Waals surface area contributed by atoms with Crippen molar-refractivity contribution in [3.05, 3.63) is 78.0 Å². The maximum atomic E-state index is 12.7. The largest absolute Gasteiger partial charge is 0.288 e. The van der Waals surface area contributed by atoms with Gasteiger partial charge < -0.3 is 0 Å². The summed E-state index contributed by atoms with van der Waals surface area (Å²) in [5.41, 5.74) is 3.06. The number of carbonyl (C=O) groups is 1. The molecule has 130 valence electrons. The number of amides is 1. The quantitative estimate of drug-likeness (QED) is 0.357. The van der Waals surface area contributed by atoms with Gasteiger partial charge in [0.15, 0.2) is 0 Å². The van der Waals surface area contributed by atoms with Gasteiger partial charge in [-0.3, -0.25) is 15.0 Å². The Labute approximate surface area is 145 Å². The molecule has 7 nitrogen and oxygen atoms in total. The van der Waals surface area contributed by atoms with Gasteiger partial charge in [-0.15, -0.1) is 0 Å². The van der Waals surface area contributed by atoms with Crippen molar-refractivity contribution < 1.29 is 18.4 Å². The first-order chi connectivity index (χ1) is 11.9. The molecule has 2 N–H and O–H groups in total. The smallest absolute Gasteiger partial charge is 0.267 e. The number of pyridine rings is 1. The van der Waals surface area contributed by atoms with Crippen LogP contribution in [-0.2, 0) is 14.8 Å². The standard InChI is InChI=1S/C17H17N3O4S/c1-3-14(8-9-17(21)19-22)7-6-13(2)25(23,24)20-12-10-15-16(20)5-4-11-18-15/h3-12,22H,2H2,1H3,(H,19,21)/b7-6-,9-8+,14-3+. The van der Waals surface area contributed by atoms with Crippen molar-refractivity contribution >= 4 is 27.0 Å². The van der Waals surface area contributed by atoms with Crippen LogP contribution >= 0.6 is 0 Å². The zero-order valence-electron chi connectivity index (χ0n) is 13.5. The molecule has 0 aliphatic rings. The molecule has 0 atom stereocenters. The highest BCUT2D eigenvalue weighted by molar-refractivity contribution is 7.94. The Balaban J connectivity index is 2.27. The maximum absolute atomic E-state index is 12.7. The van der Waals surface area contributed by atoms with Crippen molar-refractivity contribution in [1.82, 2.24) is 14.4 Å². The third kappa shape index (κ3) is 4.11. The van der Waals surface area contributed by atoms with Crippen LogP contribution in [0.25, 0.3) is 11.0 Å². The second-order valence-corrected chi connectivity index (χ2v) is 6.79. The third-order valence-electron chi connectivity index (χ3n) is 3.34. The predicted octanol–water partition coefficient (Wildman–Crippen LogP) is 2.29. The molecule has 0 aliphatic carbocycles. The number of hydrogen-bond acceptors (Lipinski definition) is 5. The molecule has 0 unspecified atom stereocenters. The van der Waals surface area contributed by atoms with Gasteiger partial charge in [-0.1, -0.05) is 18.7 Å². The monoisotopic (exact) mass is 359 g/mol. The third-order valence-corrected chi connectivity index (χ3v) is 4.98. The number of allylic oxidation sites excluding steroid dienone is 5. The molecule has 0 bridgehead atoms. The molecule has 2 aromatic rings. The van der Waals surface area contributed by atoms with E-state index in [4.69, 9.17) is 5.21 Å². The summed E-state index contributed by atoms with van der Waals surface area (Å²) >= 11 is 0. The van der Waals surface area contributed by atoms with Gasteiger partial charge in [-0.05, 0) is 42.8 Å². The van der Waals surface area contributed by atoms with Crippen LogP contribution in [-0.4, -0.2) is 28.5 Å². The first-order valence-electron chi connectivity index (χ1n) is 7.23. The van der Waals surface area contributed by atoms with Gasteiger partial charge in [0.2, 0.25) is 0 Å². The van der Waals surface area contributed by atoms with Crippen molar-refractivity contribution in [2.75, 3.05) is 0 Å². The van der Waals surface area contributed by atoms with Crippen molar-refractivity contribution in [3.8, 4) is 0 Å². The normalized spacial score (nSPS) is 13.0. The van der Waals surface area contributed by atoms with Crippen molar-refractivity contribution in [2.24, 2.45) is 0 Å². The van der Waals surface area contributed by atoms with Gasteiger partial charge in [0.25, 0.3) is 15.9 Å². The Kier molecular flexibility index (Phi) is 5.68. The number of nitrogens with zero attached hydrogens (tertiary/aromatic N) is 2. The number of rotatable bonds is 6. The molecular formula is C17H17N3O4S. The average molecular weight is 359 g/mol. The number of hydrogen-bond donors (Lipinski definition) is 2. The van der Waals surface area contributed by atoms with Crippen LogP contribution in [0, 0.1) is 0 Å². The molecule has 8 heteroatoms. The lowest BCUT2D eigenvalue weighted by atomic mass is 10.2. The highest BCUT2D eigenvalue weighted by atomic mass is 32.2.